The lowest BCUT2D eigenvalue weighted by Gasteiger charge is -1.94. The van der Waals surface area contributed by atoms with Crippen LogP contribution >= 0.6 is 0 Å². The third-order valence-electron chi connectivity index (χ3n) is 3.59. The second-order valence-electron chi connectivity index (χ2n) is 5.83. The second kappa shape index (κ2) is 14.3. The Labute approximate surface area is 174 Å². The summed E-state index contributed by atoms with van der Waals surface area (Å²) >= 11 is 0. The molecule has 9 heteroatoms. The van der Waals surface area contributed by atoms with Gasteiger partial charge in [0, 0.05) is 31.0 Å². The topological polar surface area (TPSA) is 165 Å². The Bertz CT molecular complexity index is 821. The first-order valence-corrected chi connectivity index (χ1v) is 9.08. The monoisotopic (exact) mass is 411 g/mol. The number of pyridine rings is 3. The van der Waals surface area contributed by atoms with Gasteiger partial charge in [-0.15, -0.1) is 0 Å². The van der Waals surface area contributed by atoms with Gasteiger partial charge in [-0.3, -0.25) is 9.97 Å². The van der Waals surface area contributed by atoms with Gasteiger partial charge in [-0.1, -0.05) is 0 Å². The molecule has 3 heterocycles. The fraction of sp³-hybridized carbons (Fsp3) is 0.190. The molecule has 6 N–H and O–H groups in total. The number of carboxylic acids is 2. The Morgan fingerprint density at radius 3 is 1.57 bits per heavy atom. The minimum atomic E-state index is -1.24. The summed E-state index contributed by atoms with van der Waals surface area (Å²) in [6.07, 6.45) is 10.2. The number of nitrogens with zero attached hydrogens (tertiary/aromatic N) is 3. The second-order valence-corrected chi connectivity index (χ2v) is 5.83. The Morgan fingerprint density at radius 1 is 0.733 bits per heavy atom. The highest BCUT2D eigenvalue weighted by atomic mass is 16.4. The molecular weight excluding hydrogens is 386 g/mol. The molecule has 9 nitrogen and oxygen atoms in total. The van der Waals surface area contributed by atoms with E-state index in [0.717, 1.165) is 25.1 Å². The van der Waals surface area contributed by atoms with Crippen LogP contribution < -0.4 is 11.5 Å². The van der Waals surface area contributed by atoms with Crippen molar-refractivity contribution in [3.8, 4) is 0 Å². The molecule has 3 rings (SSSR count). The van der Waals surface area contributed by atoms with E-state index in [1.807, 2.05) is 24.3 Å². The molecule has 0 aliphatic heterocycles. The largest absolute Gasteiger partial charge is 0.478 e. The van der Waals surface area contributed by atoms with Crippen molar-refractivity contribution in [1.82, 2.24) is 15.0 Å². The maximum absolute atomic E-state index is 10.4. The van der Waals surface area contributed by atoms with Gasteiger partial charge >= 0.3 is 11.9 Å². The van der Waals surface area contributed by atoms with Crippen molar-refractivity contribution in [3.05, 3.63) is 89.8 Å². The summed E-state index contributed by atoms with van der Waals surface area (Å²) in [5.74, 6) is -2.40. The zero-order valence-electron chi connectivity index (χ0n) is 16.4. The minimum absolute atomic E-state index is 0.0811. The summed E-state index contributed by atoms with van der Waals surface area (Å²) in [6.45, 7) is 1.42. The summed E-state index contributed by atoms with van der Waals surface area (Å²) in [5, 5.41) is 16.9. The van der Waals surface area contributed by atoms with Crippen LogP contribution in [0.3, 0.4) is 0 Å². The predicted molar refractivity (Wildman–Crippen MR) is 112 cm³/mol. The molecule has 0 saturated carbocycles. The van der Waals surface area contributed by atoms with E-state index in [2.05, 4.69) is 15.0 Å². The van der Waals surface area contributed by atoms with E-state index in [1.165, 1.54) is 17.2 Å². The summed E-state index contributed by atoms with van der Waals surface area (Å²) in [7, 11) is 0. The number of carbonyl (C=O) groups is 2. The first kappa shape index (κ1) is 24.3. The Morgan fingerprint density at radius 2 is 1.20 bits per heavy atom. The molecule has 0 aliphatic rings. The van der Waals surface area contributed by atoms with Crippen molar-refractivity contribution in [2.75, 3.05) is 13.1 Å². The number of hydrogen-bond acceptors (Lipinski definition) is 7. The highest BCUT2D eigenvalue weighted by molar-refractivity contribution is 5.92. The number of carboxylic acid groups (broad SMARTS) is 2. The third-order valence-corrected chi connectivity index (χ3v) is 3.59. The van der Waals surface area contributed by atoms with Gasteiger partial charge in [0.2, 0.25) is 0 Å². The fourth-order valence-corrected chi connectivity index (χ4v) is 2.11. The van der Waals surface area contributed by atoms with Crippen LogP contribution in [-0.4, -0.2) is 50.2 Å². The standard InChI is InChI=1S/2C7H10N2.C7H5NO4/c2*8-4-1-7-2-5-9-6-3-7;9-6(10)4-1-2-8-5(3-4)7(11)12/h2*2-3,5-6H,1,4,8H2;1-3H,(H,9,10)(H,11,12). The molecule has 158 valence electrons. The van der Waals surface area contributed by atoms with Gasteiger partial charge in [0.1, 0.15) is 5.69 Å². The highest BCUT2D eigenvalue weighted by Gasteiger charge is 2.08. The molecule has 0 aromatic carbocycles. The molecule has 0 amide bonds. The van der Waals surface area contributed by atoms with E-state index < -0.39 is 11.9 Å². The molecule has 0 fully saturated rings. The molecule has 0 radical (unpaired) electrons. The van der Waals surface area contributed by atoms with Crippen LogP contribution in [0.2, 0.25) is 0 Å². The number of rotatable bonds is 6. The van der Waals surface area contributed by atoms with Crippen molar-refractivity contribution >= 4 is 11.9 Å². The van der Waals surface area contributed by atoms with Gasteiger partial charge < -0.3 is 21.7 Å². The molecular formula is C21H25N5O4. The number of hydrogen-bond donors (Lipinski definition) is 4. The van der Waals surface area contributed by atoms with Crippen molar-refractivity contribution in [2.45, 2.75) is 12.8 Å². The van der Waals surface area contributed by atoms with Crippen molar-refractivity contribution in [2.24, 2.45) is 11.5 Å². The Balaban J connectivity index is 0.000000229. The van der Waals surface area contributed by atoms with Gasteiger partial charge in [-0.2, -0.15) is 0 Å². The molecule has 3 aromatic rings. The smallest absolute Gasteiger partial charge is 0.354 e. The lowest BCUT2D eigenvalue weighted by molar-refractivity contribution is 0.0690. The Kier molecular flexibility index (Phi) is 11.6. The average Bonchev–Trinajstić information content (AvgIpc) is 2.77. The highest BCUT2D eigenvalue weighted by Crippen LogP contribution is 2.01. The van der Waals surface area contributed by atoms with E-state index in [0.29, 0.717) is 13.1 Å². The molecule has 3 aromatic heterocycles. The van der Waals surface area contributed by atoms with Crippen molar-refractivity contribution < 1.29 is 19.8 Å². The lowest BCUT2D eigenvalue weighted by atomic mass is 10.2. The minimum Gasteiger partial charge on any atom is -0.478 e. The molecule has 0 saturated heterocycles. The van der Waals surface area contributed by atoms with Gasteiger partial charge in [0.05, 0.1) is 5.56 Å². The Hall–Kier alpha value is -3.69. The van der Waals surface area contributed by atoms with Gasteiger partial charge in [-0.25, -0.2) is 14.6 Å². The number of aromatic nitrogens is 3. The van der Waals surface area contributed by atoms with E-state index >= 15 is 0 Å². The molecule has 0 bridgehead atoms. The van der Waals surface area contributed by atoms with Crippen molar-refractivity contribution in [3.63, 3.8) is 0 Å². The fourth-order valence-electron chi connectivity index (χ4n) is 2.11. The zero-order chi connectivity index (χ0) is 22.2. The quantitative estimate of drug-likeness (QED) is 0.471. The first-order chi connectivity index (χ1) is 14.5. The molecule has 0 spiro atoms. The zero-order valence-corrected chi connectivity index (χ0v) is 16.4. The van der Waals surface area contributed by atoms with E-state index in [4.69, 9.17) is 21.7 Å². The van der Waals surface area contributed by atoms with E-state index in [-0.39, 0.29) is 11.3 Å². The predicted octanol–water partition coefficient (Wildman–Crippen LogP) is 1.64. The third kappa shape index (κ3) is 10.0. The van der Waals surface area contributed by atoms with Crippen LogP contribution in [0.25, 0.3) is 0 Å². The van der Waals surface area contributed by atoms with Gasteiger partial charge in [0.15, 0.2) is 0 Å². The lowest BCUT2D eigenvalue weighted by Crippen LogP contribution is -2.03. The van der Waals surface area contributed by atoms with Crippen LogP contribution in [0.1, 0.15) is 32.0 Å². The van der Waals surface area contributed by atoms with E-state index in [9.17, 15) is 9.59 Å². The first-order valence-electron chi connectivity index (χ1n) is 9.08. The maximum atomic E-state index is 10.4. The summed E-state index contributed by atoms with van der Waals surface area (Å²) in [6, 6.07) is 10.2. The van der Waals surface area contributed by atoms with E-state index in [1.54, 1.807) is 24.8 Å². The van der Waals surface area contributed by atoms with Crippen molar-refractivity contribution in [1.29, 1.82) is 0 Å². The molecule has 30 heavy (non-hydrogen) atoms. The maximum Gasteiger partial charge on any atom is 0.354 e. The summed E-state index contributed by atoms with van der Waals surface area (Å²) < 4.78 is 0. The molecule has 0 atom stereocenters. The average molecular weight is 411 g/mol. The van der Waals surface area contributed by atoms with Crippen LogP contribution in [-0.2, 0) is 12.8 Å². The molecule has 0 aliphatic carbocycles. The number of nitrogens with two attached hydrogens (primary N) is 2. The van der Waals surface area contributed by atoms with Gasteiger partial charge in [0.25, 0.3) is 0 Å². The van der Waals surface area contributed by atoms with Crippen LogP contribution in [0, 0.1) is 0 Å². The normalized spacial score (nSPS) is 9.40. The van der Waals surface area contributed by atoms with Crippen LogP contribution in [0.5, 0.6) is 0 Å². The van der Waals surface area contributed by atoms with Gasteiger partial charge in [-0.05, 0) is 73.5 Å². The summed E-state index contributed by atoms with van der Waals surface area (Å²) in [5.41, 5.74) is 12.8. The molecule has 0 unspecified atom stereocenters. The van der Waals surface area contributed by atoms with Crippen LogP contribution in [0.4, 0.5) is 0 Å². The van der Waals surface area contributed by atoms with Crippen LogP contribution in [0.15, 0.2) is 67.4 Å². The SMILES string of the molecule is NCCc1ccncc1.NCCc1ccncc1.O=C(O)c1ccnc(C(=O)O)c1. The summed E-state index contributed by atoms with van der Waals surface area (Å²) in [4.78, 5) is 31.9. The number of aromatic carboxylic acids is 2.